The number of aromatic amines is 1. The van der Waals surface area contributed by atoms with Crippen molar-refractivity contribution in [3.63, 3.8) is 0 Å². The fraction of sp³-hybridized carbons (Fsp3) is 0.810. The molecular weight excluding hydrogens is 432 g/mol. The summed E-state index contributed by atoms with van der Waals surface area (Å²) in [4.78, 5) is 26.3. The summed E-state index contributed by atoms with van der Waals surface area (Å²) < 4.78 is 20.2. The Morgan fingerprint density at radius 2 is 1.61 bits per heavy atom. The highest BCUT2D eigenvalue weighted by Gasteiger charge is 2.51. The molecule has 0 bridgehead atoms. The average Bonchev–Trinajstić information content (AvgIpc) is 2.87. The molecule has 3 unspecified atom stereocenters. The van der Waals surface area contributed by atoms with E-state index in [0.29, 0.717) is 0 Å². The van der Waals surface area contributed by atoms with Crippen LogP contribution in [0, 0.1) is 0 Å². The van der Waals surface area contributed by atoms with E-state index >= 15 is 0 Å². The average molecular weight is 473 g/mol. The summed E-state index contributed by atoms with van der Waals surface area (Å²) in [6.45, 7) is 21.5. The molecule has 0 radical (unpaired) electrons. The molecule has 10 heteroatoms. The summed E-state index contributed by atoms with van der Waals surface area (Å²) in [5.41, 5.74) is -1.08. The van der Waals surface area contributed by atoms with Gasteiger partial charge in [-0.3, -0.25) is 14.3 Å². The zero-order chi connectivity index (χ0) is 24.0. The summed E-state index contributed by atoms with van der Waals surface area (Å²) in [6, 6.07) is 1.26. The molecule has 2 heterocycles. The van der Waals surface area contributed by atoms with Crippen molar-refractivity contribution in [1.82, 2.24) is 9.55 Å². The van der Waals surface area contributed by atoms with Crippen LogP contribution in [0.15, 0.2) is 21.9 Å². The van der Waals surface area contributed by atoms with Gasteiger partial charge in [-0.15, -0.1) is 0 Å². The zero-order valence-corrected chi connectivity index (χ0v) is 22.6. The predicted octanol–water partition coefficient (Wildman–Crippen LogP) is 3.21. The molecular formula is C21H40N2O6Si2. The summed E-state index contributed by atoms with van der Waals surface area (Å²) in [7, 11) is -4.35. The van der Waals surface area contributed by atoms with Crippen molar-refractivity contribution in [2.75, 3.05) is 6.61 Å². The topological polar surface area (TPSA) is 103 Å². The third kappa shape index (κ3) is 5.66. The molecule has 0 spiro atoms. The lowest BCUT2D eigenvalue weighted by Gasteiger charge is -2.40. The number of hydrogen-bond acceptors (Lipinski definition) is 6. The first-order chi connectivity index (χ1) is 13.9. The van der Waals surface area contributed by atoms with E-state index in [9.17, 15) is 14.7 Å². The summed E-state index contributed by atoms with van der Waals surface area (Å²) in [5.74, 6) is 0. The molecule has 0 aliphatic carbocycles. The lowest BCUT2D eigenvalue weighted by atomic mass is 10.1. The van der Waals surface area contributed by atoms with E-state index in [4.69, 9.17) is 13.6 Å². The Morgan fingerprint density at radius 3 is 2.10 bits per heavy atom. The number of hydrogen-bond donors (Lipinski definition) is 2. The lowest BCUT2D eigenvalue weighted by Crippen LogP contribution is -2.50. The number of nitrogens with one attached hydrogen (secondary N) is 1. The van der Waals surface area contributed by atoms with Crippen LogP contribution in [0.2, 0.25) is 36.3 Å². The van der Waals surface area contributed by atoms with E-state index in [1.54, 1.807) is 0 Å². The molecule has 1 aliphatic heterocycles. The molecule has 2 N–H and O–H groups in total. The number of ether oxygens (including phenoxy) is 1. The minimum Gasteiger partial charge on any atom is -0.414 e. The number of aliphatic hydroxyl groups is 1. The van der Waals surface area contributed by atoms with Gasteiger partial charge in [-0.2, -0.15) is 0 Å². The van der Waals surface area contributed by atoms with Gasteiger partial charge in [-0.05, 0) is 36.3 Å². The minimum absolute atomic E-state index is 0.0167. The zero-order valence-electron chi connectivity index (χ0n) is 20.6. The molecule has 0 saturated carbocycles. The standard InChI is InChI=1S/C21H40N2O6Si2/c1-20(2,3)30(7,8)27-13-14-16(25)17(29-31(9,10)21(4,5)6)18(28-14)23-12-11-15(24)22-19(23)26/h11-12,14,16-18,25H,13H2,1-10H3,(H,22,24,26)/t14?,16-,17?,18?/m1/s1. The van der Waals surface area contributed by atoms with E-state index in [1.165, 1.54) is 16.8 Å². The van der Waals surface area contributed by atoms with E-state index in [-0.39, 0.29) is 16.7 Å². The Hall–Kier alpha value is -1.05. The van der Waals surface area contributed by atoms with Crippen molar-refractivity contribution in [2.45, 2.75) is 102 Å². The van der Waals surface area contributed by atoms with Gasteiger partial charge in [-0.1, -0.05) is 41.5 Å². The second-order valence-electron chi connectivity index (χ2n) is 11.5. The summed E-state index contributed by atoms with van der Waals surface area (Å²) >= 11 is 0. The Kier molecular flexibility index (Phi) is 7.37. The van der Waals surface area contributed by atoms with Crippen LogP contribution >= 0.6 is 0 Å². The first kappa shape index (κ1) is 26.2. The van der Waals surface area contributed by atoms with Crippen molar-refractivity contribution in [3.8, 4) is 0 Å². The summed E-state index contributed by atoms with van der Waals surface area (Å²) in [6.07, 6.45) is -1.84. The highest BCUT2D eigenvalue weighted by atomic mass is 28.4. The van der Waals surface area contributed by atoms with Gasteiger partial charge in [0.1, 0.15) is 18.3 Å². The predicted molar refractivity (Wildman–Crippen MR) is 126 cm³/mol. The maximum Gasteiger partial charge on any atom is 0.330 e. The van der Waals surface area contributed by atoms with Gasteiger partial charge in [0.05, 0.1) is 6.61 Å². The molecule has 4 atom stereocenters. The van der Waals surface area contributed by atoms with Crippen molar-refractivity contribution in [1.29, 1.82) is 0 Å². The third-order valence-electron chi connectivity index (χ3n) is 7.09. The molecule has 8 nitrogen and oxygen atoms in total. The Bertz CT molecular complexity index is 881. The molecule has 1 aromatic rings. The summed E-state index contributed by atoms with van der Waals surface area (Å²) in [5, 5.41) is 11.1. The van der Waals surface area contributed by atoms with Crippen molar-refractivity contribution in [2.24, 2.45) is 0 Å². The lowest BCUT2D eigenvalue weighted by molar-refractivity contribution is -0.0514. The van der Waals surface area contributed by atoms with Gasteiger partial charge in [0.15, 0.2) is 22.9 Å². The van der Waals surface area contributed by atoms with Crippen LogP contribution < -0.4 is 11.2 Å². The van der Waals surface area contributed by atoms with Crippen molar-refractivity contribution >= 4 is 16.6 Å². The van der Waals surface area contributed by atoms with Crippen LogP contribution in [0.25, 0.3) is 0 Å². The van der Waals surface area contributed by atoms with Gasteiger partial charge in [0.25, 0.3) is 5.56 Å². The van der Waals surface area contributed by atoms with Crippen molar-refractivity contribution in [3.05, 3.63) is 33.1 Å². The van der Waals surface area contributed by atoms with Gasteiger partial charge >= 0.3 is 5.69 Å². The Morgan fingerprint density at radius 1 is 1.06 bits per heavy atom. The molecule has 1 aliphatic rings. The second-order valence-corrected chi connectivity index (χ2v) is 21.1. The maximum absolute atomic E-state index is 12.5. The Labute approximate surface area is 187 Å². The molecule has 178 valence electrons. The van der Waals surface area contributed by atoms with Gasteiger partial charge in [0.2, 0.25) is 0 Å². The molecule has 1 fully saturated rings. The fourth-order valence-electron chi connectivity index (χ4n) is 2.86. The molecule has 1 aromatic heterocycles. The quantitative estimate of drug-likeness (QED) is 0.616. The van der Waals surface area contributed by atoms with Crippen LogP contribution in [-0.2, 0) is 13.6 Å². The van der Waals surface area contributed by atoms with Crippen LogP contribution in [0.3, 0.4) is 0 Å². The van der Waals surface area contributed by atoms with Crippen LogP contribution in [0.1, 0.15) is 47.8 Å². The molecule has 0 aromatic carbocycles. The molecule has 0 amide bonds. The van der Waals surface area contributed by atoms with Crippen LogP contribution in [0.4, 0.5) is 0 Å². The number of aromatic nitrogens is 2. The smallest absolute Gasteiger partial charge is 0.330 e. The number of rotatable bonds is 6. The number of aliphatic hydroxyl groups excluding tert-OH is 1. The molecule has 2 rings (SSSR count). The largest absolute Gasteiger partial charge is 0.414 e. The first-order valence-corrected chi connectivity index (χ1v) is 16.7. The van der Waals surface area contributed by atoms with E-state index < -0.39 is 52.4 Å². The van der Waals surface area contributed by atoms with Crippen LogP contribution in [0.5, 0.6) is 0 Å². The normalized spacial score (nSPS) is 25.8. The molecule has 31 heavy (non-hydrogen) atoms. The maximum atomic E-state index is 12.5. The molecule has 1 saturated heterocycles. The number of H-pyrrole nitrogens is 1. The second kappa shape index (κ2) is 8.71. The number of nitrogens with zero attached hydrogens (tertiary/aromatic N) is 1. The van der Waals surface area contributed by atoms with Gasteiger partial charge < -0.3 is 18.7 Å². The first-order valence-electron chi connectivity index (χ1n) is 10.8. The van der Waals surface area contributed by atoms with E-state index in [2.05, 4.69) is 72.7 Å². The minimum atomic E-state index is -2.29. The van der Waals surface area contributed by atoms with E-state index in [0.717, 1.165) is 0 Å². The SMILES string of the molecule is CC(C)(C)[Si](C)(C)OCC1OC(n2ccc(=O)[nH]c2=O)C(O[Si](C)(C)C(C)(C)C)[C@@H]1O. The van der Waals surface area contributed by atoms with E-state index in [1.807, 2.05) is 0 Å². The van der Waals surface area contributed by atoms with Gasteiger partial charge in [0, 0.05) is 12.3 Å². The van der Waals surface area contributed by atoms with Crippen molar-refractivity contribution < 1.29 is 18.7 Å². The van der Waals surface area contributed by atoms with Crippen LogP contribution in [-0.4, -0.2) is 56.2 Å². The van der Waals surface area contributed by atoms with Gasteiger partial charge in [-0.25, -0.2) is 4.79 Å². The highest BCUT2D eigenvalue weighted by Crippen LogP contribution is 2.42. The Balaban J connectivity index is 2.37. The monoisotopic (exact) mass is 472 g/mol. The fourth-order valence-corrected chi connectivity index (χ4v) is 5.16. The third-order valence-corrected chi connectivity index (χ3v) is 16.1. The highest BCUT2D eigenvalue weighted by molar-refractivity contribution is 6.74.